The van der Waals surface area contributed by atoms with Crippen molar-refractivity contribution in [1.82, 2.24) is 0 Å². The van der Waals surface area contributed by atoms with E-state index in [4.69, 9.17) is 13.9 Å². The molecule has 6 heteroatoms. The van der Waals surface area contributed by atoms with Crippen LogP contribution in [0, 0.1) is 5.41 Å². The summed E-state index contributed by atoms with van der Waals surface area (Å²) in [5, 5.41) is 0.578. The fourth-order valence-corrected chi connectivity index (χ4v) is 3.02. The Hall–Kier alpha value is -2.89. The zero-order chi connectivity index (χ0) is 18.9. The lowest BCUT2D eigenvalue weighted by Gasteiger charge is -2.27. The van der Waals surface area contributed by atoms with Crippen LogP contribution >= 0.6 is 0 Å². The number of hydrogen-bond donors (Lipinski definition) is 0. The first kappa shape index (κ1) is 17.9. The average molecular weight is 356 g/mol. The van der Waals surface area contributed by atoms with Crippen LogP contribution in [0.2, 0.25) is 0 Å². The smallest absolute Gasteiger partial charge is 0.351 e. The molecule has 0 bridgehead atoms. The van der Waals surface area contributed by atoms with Crippen molar-refractivity contribution in [2.75, 3.05) is 6.61 Å². The van der Waals surface area contributed by atoms with E-state index in [0.717, 1.165) is 0 Å². The molecule has 0 N–H and O–H groups in total. The molecule has 0 amide bonds. The van der Waals surface area contributed by atoms with Crippen molar-refractivity contribution in [3.63, 3.8) is 0 Å². The molecule has 0 unspecified atom stereocenters. The summed E-state index contributed by atoms with van der Waals surface area (Å²) in [4.78, 5) is 36.4. The molecule has 0 spiro atoms. The van der Waals surface area contributed by atoms with Gasteiger partial charge < -0.3 is 13.9 Å². The van der Waals surface area contributed by atoms with Crippen LogP contribution in [-0.2, 0) is 9.53 Å². The minimum absolute atomic E-state index is 0.0990. The van der Waals surface area contributed by atoms with Gasteiger partial charge in [0.15, 0.2) is 5.78 Å². The van der Waals surface area contributed by atoms with Gasteiger partial charge in [-0.3, -0.25) is 4.79 Å². The van der Waals surface area contributed by atoms with Gasteiger partial charge in [-0.15, -0.1) is 0 Å². The first-order chi connectivity index (χ1) is 12.3. The van der Waals surface area contributed by atoms with E-state index < -0.39 is 11.6 Å². The highest BCUT2D eigenvalue weighted by molar-refractivity contribution is 5.95. The summed E-state index contributed by atoms with van der Waals surface area (Å²) in [5.41, 5.74) is -0.965. The van der Waals surface area contributed by atoms with Gasteiger partial charge in [-0.2, -0.15) is 0 Å². The monoisotopic (exact) mass is 356 g/mol. The molecule has 1 aromatic carbocycles. The summed E-state index contributed by atoms with van der Waals surface area (Å²) >= 11 is 0. The topological polar surface area (TPSA) is 82.8 Å². The van der Waals surface area contributed by atoms with Crippen LogP contribution in [0.5, 0.6) is 5.75 Å². The molecule has 1 heterocycles. The summed E-state index contributed by atoms with van der Waals surface area (Å²) in [7, 11) is 0. The van der Waals surface area contributed by atoms with Crippen LogP contribution in [0.4, 0.5) is 0 Å². The van der Waals surface area contributed by atoms with Crippen LogP contribution < -0.4 is 10.4 Å². The Bertz CT molecular complexity index is 964. The molecule has 0 atom stereocenters. The second-order valence-corrected chi connectivity index (χ2v) is 7.06. The third kappa shape index (κ3) is 3.85. The fourth-order valence-electron chi connectivity index (χ4n) is 3.02. The Labute approximate surface area is 150 Å². The van der Waals surface area contributed by atoms with E-state index in [0.29, 0.717) is 36.2 Å². The SMILES string of the molecule is CCOc1ccc2cc(C(=O)OC3=CC(=O)CC(C)(C)C3)c(=O)oc2c1. The predicted molar refractivity (Wildman–Crippen MR) is 95.2 cm³/mol. The zero-order valence-corrected chi connectivity index (χ0v) is 15.0. The maximum absolute atomic E-state index is 12.4. The number of ether oxygens (including phenoxy) is 2. The predicted octanol–water partition coefficient (Wildman–Crippen LogP) is 3.62. The molecule has 0 saturated heterocycles. The number of benzene rings is 1. The van der Waals surface area contributed by atoms with Crippen molar-refractivity contribution in [1.29, 1.82) is 0 Å². The molecule has 1 aromatic heterocycles. The minimum Gasteiger partial charge on any atom is -0.494 e. The maximum atomic E-state index is 12.4. The van der Waals surface area contributed by atoms with E-state index in [1.165, 1.54) is 12.1 Å². The highest BCUT2D eigenvalue weighted by Crippen LogP contribution is 2.34. The van der Waals surface area contributed by atoms with E-state index in [1.54, 1.807) is 18.2 Å². The van der Waals surface area contributed by atoms with Gasteiger partial charge in [-0.25, -0.2) is 9.59 Å². The molecular formula is C20H20O6. The Morgan fingerprint density at radius 3 is 2.65 bits per heavy atom. The van der Waals surface area contributed by atoms with Gasteiger partial charge in [0.05, 0.1) is 6.61 Å². The third-order valence-electron chi connectivity index (χ3n) is 4.09. The van der Waals surface area contributed by atoms with E-state index in [-0.39, 0.29) is 22.5 Å². The van der Waals surface area contributed by atoms with E-state index in [1.807, 2.05) is 20.8 Å². The number of fused-ring (bicyclic) bond motifs is 1. The Kier molecular flexibility index (Phi) is 4.68. The van der Waals surface area contributed by atoms with Crippen molar-refractivity contribution in [3.8, 4) is 5.75 Å². The van der Waals surface area contributed by atoms with Gasteiger partial charge >= 0.3 is 11.6 Å². The maximum Gasteiger partial charge on any atom is 0.351 e. The minimum atomic E-state index is -0.828. The largest absolute Gasteiger partial charge is 0.494 e. The quantitative estimate of drug-likeness (QED) is 0.615. The van der Waals surface area contributed by atoms with Gasteiger partial charge in [-0.1, -0.05) is 13.8 Å². The van der Waals surface area contributed by atoms with Crippen LogP contribution in [-0.4, -0.2) is 18.4 Å². The number of carbonyl (C=O) groups excluding carboxylic acids is 2. The highest BCUT2D eigenvalue weighted by Gasteiger charge is 2.30. The lowest BCUT2D eigenvalue weighted by atomic mass is 9.79. The molecule has 6 nitrogen and oxygen atoms in total. The first-order valence-electron chi connectivity index (χ1n) is 8.44. The average Bonchev–Trinajstić information content (AvgIpc) is 2.52. The molecule has 1 aliphatic rings. The lowest BCUT2D eigenvalue weighted by molar-refractivity contribution is -0.117. The summed E-state index contributed by atoms with van der Waals surface area (Å²) < 4.78 is 15.9. The molecular weight excluding hydrogens is 336 g/mol. The van der Waals surface area contributed by atoms with Crippen molar-refractivity contribution in [2.24, 2.45) is 5.41 Å². The number of carbonyl (C=O) groups is 2. The fraction of sp³-hybridized carbons (Fsp3) is 0.350. The molecule has 3 rings (SSSR count). The molecule has 26 heavy (non-hydrogen) atoms. The third-order valence-corrected chi connectivity index (χ3v) is 4.09. The summed E-state index contributed by atoms with van der Waals surface area (Å²) in [6.07, 6.45) is 2.16. The van der Waals surface area contributed by atoms with Crippen molar-refractivity contribution < 1.29 is 23.5 Å². The standard InChI is InChI=1S/C20H20O6/c1-4-24-14-6-5-12-7-16(19(23)26-17(12)9-14)18(22)25-15-8-13(21)10-20(2,3)11-15/h5-9H,4,10-11H2,1-3H3. The molecule has 2 aromatic rings. The Morgan fingerprint density at radius 2 is 1.96 bits per heavy atom. The van der Waals surface area contributed by atoms with Gasteiger partial charge in [0, 0.05) is 30.4 Å². The van der Waals surface area contributed by atoms with Crippen molar-refractivity contribution in [3.05, 3.63) is 52.1 Å². The summed E-state index contributed by atoms with van der Waals surface area (Å²) in [6, 6.07) is 6.45. The van der Waals surface area contributed by atoms with E-state index >= 15 is 0 Å². The highest BCUT2D eigenvalue weighted by atomic mass is 16.5. The Balaban J connectivity index is 1.89. The van der Waals surface area contributed by atoms with Crippen LogP contribution in [0.1, 0.15) is 44.0 Å². The number of esters is 1. The summed E-state index contributed by atoms with van der Waals surface area (Å²) in [6.45, 7) is 6.19. The number of ketones is 1. The van der Waals surface area contributed by atoms with Gasteiger partial charge in [-0.05, 0) is 30.5 Å². The van der Waals surface area contributed by atoms with Crippen LogP contribution in [0.15, 0.2) is 45.3 Å². The van der Waals surface area contributed by atoms with Crippen molar-refractivity contribution >= 4 is 22.7 Å². The number of allylic oxidation sites excluding steroid dienone is 2. The second kappa shape index (κ2) is 6.78. The molecule has 0 aliphatic heterocycles. The van der Waals surface area contributed by atoms with E-state index in [9.17, 15) is 14.4 Å². The van der Waals surface area contributed by atoms with Gasteiger partial charge in [0.1, 0.15) is 22.7 Å². The van der Waals surface area contributed by atoms with Gasteiger partial charge in [0.25, 0.3) is 0 Å². The number of rotatable bonds is 4. The molecule has 0 saturated carbocycles. The van der Waals surface area contributed by atoms with Gasteiger partial charge in [0.2, 0.25) is 0 Å². The Morgan fingerprint density at radius 1 is 1.19 bits per heavy atom. The first-order valence-corrected chi connectivity index (χ1v) is 8.44. The second-order valence-electron chi connectivity index (χ2n) is 7.06. The van der Waals surface area contributed by atoms with Crippen molar-refractivity contribution in [2.45, 2.75) is 33.6 Å². The normalized spacial score (nSPS) is 16.3. The molecule has 0 fully saturated rings. The van der Waals surface area contributed by atoms with E-state index in [2.05, 4.69) is 0 Å². The molecule has 136 valence electrons. The van der Waals surface area contributed by atoms with Crippen LogP contribution in [0.25, 0.3) is 11.0 Å². The lowest BCUT2D eigenvalue weighted by Crippen LogP contribution is -2.25. The molecule has 1 aliphatic carbocycles. The van der Waals surface area contributed by atoms with Crippen LogP contribution in [0.3, 0.4) is 0 Å². The molecule has 0 radical (unpaired) electrons. The zero-order valence-electron chi connectivity index (χ0n) is 15.0. The number of hydrogen-bond acceptors (Lipinski definition) is 6. The summed E-state index contributed by atoms with van der Waals surface area (Å²) in [5.74, 6) is -0.0849.